The third kappa shape index (κ3) is 4.51. The predicted molar refractivity (Wildman–Crippen MR) is 171 cm³/mol. The summed E-state index contributed by atoms with van der Waals surface area (Å²) in [6.07, 6.45) is 3.15. The molecule has 1 unspecified atom stereocenters. The number of nitrogens with zero attached hydrogens (tertiary/aromatic N) is 1. The second-order valence-corrected chi connectivity index (χ2v) is 24.7. The van der Waals surface area contributed by atoms with E-state index in [1.807, 2.05) is 17.5 Å². The average Bonchev–Trinajstić information content (AvgIpc) is 3.25. The molecule has 0 bridgehead atoms. The van der Waals surface area contributed by atoms with Crippen LogP contribution in [0, 0.1) is 5.92 Å². The highest BCUT2D eigenvalue weighted by Gasteiger charge is 2.43. The summed E-state index contributed by atoms with van der Waals surface area (Å²) in [5.41, 5.74) is 6.26. The first-order valence-electron chi connectivity index (χ1n) is 14.0. The molecule has 4 heteroatoms. The molecule has 0 N–H and O–H groups in total. The largest absolute Gasteiger partial charge is 0.255 e. The van der Waals surface area contributed by atoms with E-state index in [1.54, 1.807) is 5.56 Å². The topological polar surface area (TPSA) is 12.9 Å². The van der Waals surface area contributed by atoms with Crippen LogP contribution in [0.5, 0.6) is 0 Å². The van der Waals surface area contributed by atoms with E-state index in [2.05, 4.69) is 101 Å². The van der Waals surface area contributed by atoms with E-state index in [0.717, 1.165) is 17.7 Å². The van der Waals surface area contributed by atoms with Crippen LogP contribution in [0.4, 0.5) is 0 Å². The highest BCUT2D eigenvalue weighted by molar-refractivity contribution is 7.26. The molecule has 1 aliphatic rings. The summed E-state index contributed by atoms with van der Waals surface area (Å²) in [5, 5.41) is 5.57. The normalized spacial score (nSPS) is 19.3. The summed E-state index contributed by atoms with van der Waals surface area (Å²) in [6.45, 7) is 15.1. The Balaban J connectivity index is 1.59. The van der Waals surface area contributed by atoms with Gasteiger partial charge in [0.2, 0.25) is 0 Å². The molecule has 6 rings (SSSR count). The molecule has 0 spiro atoms. The van der Waals surface area contributed by atoms with E-state index >= 15 is 0 Å². The minimum atomic E-state index is -1.38. The summed E-state index contributed by atoms with van der Waals surface area (Å²) in [7, 11) is -2.55. The van der Waals surface area contributed by atoms with Gasteiger partial charge in [-0.3, -0.25) is 4.98 Å². The van der Waals surface area contributed by atoms with Gasteiger partial charge in [0.1, 0.15) is 0 Å². The van der Waals surface area contributed by atoms with Gasteiger partial charge in [0.25, 0.3) is 0 Å². The molecule has 1 atom stereocenters. The summed E-state index contributed by atoms with van der Waals surface area (Å²) < 4.78 is 2.78. The molecule has 2 aromatic heterocycles. The highest BCUT2D eigenvalue weighted by Crippen LogP contribution is 2.48. The maximum absolute atomic E-state index is 5.05. The quantitative estimate of drug-likeness (QED) is 0.208. The number of pyridine rings is 1. The molecule has 1 nitrogen and oxygen atoms in total. The van der Waals surface area contributed by atoms with Gasteiger partial charge in [-0.05, 0) is 58.0 Å². The molecule has 0 saturated carbocycles. The Morgan fingerprint density at radius 2 is 1.62 bits per heavy atom. The fourth-order valence-electron chi connectivity index (χ4n) is 6.65. The molecule has 1 fully saturated rings. The van der Waals surface area contributed by atoms with Gasteiger partial charge in [-0.25, -0.2) is 0 Å². The third-order valence-electron chi connectivity index (χ3n) is 8.81. The molecule has 37 heavy (non-hydrogen) atoms. The van der Waals surface area contributed by atoms with Crippen molar-refractivity contribution in [1.29, 1.82) is 0 Å². The molecule has 190 valence electrons. The number of fused-ring (bicyclic) bond motifs is 4. The zero-order chi connectivity index (χ0) is 25.9. The van der Waals surface area contributed by atoms with Crippen molar-refractivity contribution in [2.45, 2.75) is 70.1 Å². The van der Waals surface area contributed by atoms with Crippen LogP contribution >= 0.6 is 11.3 Å². The smallest absolute Gasteiger partial charge is 0.0880 e. The summed E-state index contributed by atoms with van der Waals surface area (Å²) in [4.78, 5) is 5.05. The Morgan fingerprint density at radius 3 is 2.43 bits per heavy atom. The summed E-state index contributed by atoms with van der Waals surface area (Å²) >= 11 is 1.95. The molecule has 5 aromatic rings. The third-order valence-corrected chi connectivity index (χ3v) is 18.1. The number of benzene rings is 3. The monoisotopic (exact) mass is 537 g/mol. The van der Waals surface area contributed by atoms with Crippen molar-refractivity contribution in [1.82, 2.24) is 4.98 Å². The van der Waals surface area contributed by atoms with Gasteiger partial charge in [0, 0.05) is 35.3 Å². The minimum Gasteiger partial charge on any atom is -0.255 e. The molecular formula is C33H39NSSi2. The van der Waals surface area contributed by atoms with Gasteiger partial charge >= 0.3 is 0 Å². The van der Waals surface area contributed by atoms with Crippen LogP contribution in [0.15, 0.2) is 66.9 Å². The average molecular weight is 538 g/mol. The minimum absolute atomic E-state index is 0.646. The van der Waals surface area contributed by atoms with Crippen LogP contribution in [0.1, 0.15) is 30.5 Å². The van der Waals surface area contributed by atoms with E-state index in [-0.39, 0.29) is 0 Å². The number of hydrogen-bond acceptors (Lipinski definition) is 2. The van der Waals surface area contributed by atoms with Crippen molar-refractivity contribution in [3.05, 3.63) is 78.0 Å². The van der Waals surface area contributed by atoms with Crippen molar-refractivity contribution in [2.75, 3.05) is 0 Å². The lowest BCUT2D eigenvalue weighted by molar-refractivity contribution is 0.650. The maximum Gasteiger partial charge on any atom is 0.0880 e. The first kappa shape index (κ1) is 25.0. The van der Waals surface area contributed by atoms with Crippen LogP contribution in [-0.2, 0) is 6.42 Å². The Hall–Kier alpha value is -2.28. The van der Waals surface area contributed by atoms with E-state index in [1.165, 1.54) is 60.2 Å². The van der Waals surface area contributed by atoms with Gasteiger partial charge < -0.3 is 0 Å². The van der Waals surface area contributed by atoms with Crippen LogP contribution in [0.3, 0.4) is 0 Å². The van der Waals surface area contributed by atoms with Gasteiger partial charge in [-0.1, -0.05) is 101 Å². The van der Waals surface area contributed by atoms with E-state index < -0.39 is 16.1 Å². The van der Waals surface area contributed by atoms with Crippen LogP contribution in [0.2, 0.25) is 44.3 Å². The molecule has 3 aromatic carbocycles. The molecule has 1 saturated heterocycles. The molecule has 0 amide bonds. The lowest BCUT2D eigenvalue weighted by Gasteiger charge is -2.44. The number of aromatic nitrogens is 1. The van der Waals surface area contributed by atoms with Crippen molar-refractivity contribution in [3.8, 4) is 11.3 Å². The van der Waals surface area contributed by atoms with E-state index in [4.69, 9.17) is 4.98 Å². The number of rotatable bonds is 4. The van der Waals surface area contributed by atoms with E-state index in [9.17, 15) is 0 Å². The fourth-order valence-corrected chi connectivity index (χ4v) is 20.1. The van der Waals surface area contributed by atoms with Crippen molar-refractivity contribution < 1.29 is 0 Å². The Labute approximate surface area is 228 Å². The van der Waals surface area contributed by atoms with Crippen LogP contribution in [0.25, 0.3) is 42.2 Å². The first-order valence-corrected chi connectivity index (χ1v) is 21.5. The summed E-state index contributed by atoms with van der Waals surface area (Å²) in [6, 6.07) is 27.6. The van der Waals surface area contributed by atoms with Crippen LogP contribution < -0.4 is 0 Å². The van der Waals surface area contributed by atoms with E-state index in [0.29, 0.717) is 5.92 Å². The second-order valence-electron chi connectivity index (χ2n) is 13.2. The predicted octanol–water partition coefficient (Wildman–Crippen LogP) is 10.5. The molecule has 0 aliphatic carbocycles. The van der Waals surface area contributed by atoms with Crippen molar-refractivity contribution in [2.24, 2.45) is 5.92 Å². The molecular weight excluding hydrogens is 499 g/mol. The standard InChI is InChI=1S/C33H39NSSi2/c1-22(2)18-24-11-9-13-27-28-14-15-34-31(33(28)35-32(24)27)25-19-23-10-7-8-12-26(23)29(20-25)30-21-36(3,4)16-17-37(30,5)6/h7-15,19-20,22,30H,16-18,21H2,1-6H3. The Morgan fingerprint density at radius 1 is 0.865 bits per heavy atom. The van der Waals surface area contributed by atoms with Gasteiger partial charge in [0.15, 0.2) is 0 Å². The molecule has 1 aliphatic heterocycles. The first-order chi connectivity index (χ1) is 17.6. The lowest BCUT2D eigenvalue weighted by atomic mass is 9.96. The Kier molecular flexibility index (Phi) is 6.21. The van der Waals surface area contributed by atoms with Gasteiger partial charge in [0.05, 0.1) is 18.5 Å². The SMILES string of the molecule is CC(C)Cc1cccc2c1sc1c(-c3cc(C4C[Si](C)(C)CC[Si]4(C)C)c4ccccc4c3)nccc12. The molecule has 3 heterocycles. The van der Waals surface area contributed by atoms with Crippen molar-refractivity contribution in [3.63, 3.8) is 0 Å². The second kappa shape index (κ2) is 9.18. The zero-order valence-corrected chi connectivity index (χ0v) is 26.0. The fraction of sp³-hybridized carbons (Fsp3) is 0.364. The van der Waals surface area contributed by atoms with Gasteiger partial charge in [-0.2, -0.15) is 0 Å². The highest BCUT2D eigenvalue weighted by atomic mass is 32.1. The Bertz CT molecular complexity index is 1630. The molecule has 0 radical (unpaired) electrons. The summed E-state index contributed by atoms with van der Waals surface area (Å²) in [5.74, 6) is 0.646. The number of hydrogen-bond donors (Lipinski definition) is 0. The van der Waals surface area contributed by atoms with Crippen LogP contribution in [-0.4, -0.2) is 21.1 Å². The van der Waals surface area contributed by atoms with Crippen molar-refractivity contribution >= 4 is 58.4 Å². The van der Waals surface area contributed by atoms with Gasteiger partial charge in [-0.15, -0.1) is 11.3 Å². The maximum atomic E-state index is 5.05. The number of thiophene rings is 1. The lowest BCUT2D eigenvalue weighted by Crippen LogP contribution is -2.46. The zero-order valence-electron chi connectivity index (χ0n) is 23.2.